The number of imidazole rings is 1. The van der Waals surface area contributed by atoms with E-state index in [0.717, 1.165) is 30.0 Å². The summed E-state index contributed by atoms with van der Waals surface area (Å²) in [5, 5.41) is 12.1. The molecule has 12 heteroatoms. The monoisotopic (exact) mass is 684 g/mol. The van der Waals surface area contributed by atoms with E-state index in [1.807, 2.05) is 72.8 Å². The zero-order valence-corrected chi connectivity index (χ0v) is 29.0. The molecular weight excluding hydrogens is 641 g/mol. The first-order chi connectivity index (χ1) is 23.8. The Balaban J connectivity index is 1.49. The molecule has 0 fully saturated rings. The lowest BCUT2D eigenvalue weighted by Gasteiger charge is -2.27. The number of sulfonamides is 1. The van der Waals surface area contributed by atoms with Crippen molar-refractivity contribution in [2.24, 2.45) is 10.9 Å². The van der Waals surface area contributed by atoms with Gasteiger partial charge in [0.25, 0.3) is 10.0 Å². The number of anilines is 1. The van der Waals surface area contributed by atoms with Crippen molar-refractivity contribution in [3.8, 4) is 11.5 Å². The topological polar surface area (TPSA) is 136 Å². The minimum absolute atomic E-state index is 0.0552. The Hall–Kier alpha value is -5.07. The van der Waals surface area contributed by atoms with E-state index in [2.05, 4.69) is 28.5 Å². The van der Waals surface area contributed by atoms with Crippen LogP contribution in [0.3, 0.4) is 0 Å². The number of nitrogens with two attached hydrogens (primary N) is 1. The summed E-state index contributed by atoms with van der Waals surface area (Å²) < 4.78 is 43.3. The van der Waals surface area contributed by atoms with Crippen LogP contribution < -0.4 is 19.5 Å². The van der Waals surface area contributed by atoms with Crippen LogP contribution in [0.2, 0.25) is 0 Å². The summed E-state index contributed by atoms with van der Waals surface area (Å²) in [7, 11) is -2.23. The first-order valence-corrected chi connectivity index (χ1v) is 17.8. The summed E-state index contributed by atoms with van der Waals surface area (Å²) in [4.78, 5) is 7.50. The summed E-state index contributed by atoms with van der Waals surface area (Å²) in [5.74, 6) is 2.21. The fourth-order valence-corrected chi connectivity index (χ4v) is 7.25. The lowest BCUT2D eigenvalue weighted by molar-refractivity contribution is 0.279. The molecule has 11 nitrogen and oxygen atoms in total. The van der Waals surface area contributed by atoms with Crippen molar-refractivity contribution in [3.05, 3.63) is 114 Å². The predicted octanol–water partition coefficient (Wildman–Crippen LogP) is 5.54. The van der Waals surface area contributed by atoms with Gasteiger partial charge in [0.1, 0.15) is 12.4 Å². The lowest BCUT2D eigenvalue weighted by atomic mass is 10.1. The molecule has 0 saturated carbocycles. The zero-order chi connectivity index (χ0) is 34.8. The summed E-state index contributed by atoms with van der Waals surface area (Å²) in [5.41, 5.74) is 9.58. The Morgan fingerprint density at radius 2 is 1.59 bits per heavy atom. The maximum absolute atomic E-state index is 14.0. The number of para-hydroxylation sites is 2. The van der Waals surface area contributed by atoms with Crippen LogP contribution >= 0.6 is 0 Å². The smallest absolute Gasteiger partial charge is 0.264 e. The second-order valence-corrected chi connectivity index (χ2v) is 13.3. The molecule has 0 bridgehead atoms. The van der Waals surface area contributed by atoms with Crippen LogP contribution in [0.25, 0.3) is 11.0 Å². The first kappa shape index (κ1) is 35.2. The van der Waals surface area contributed by atoms with E-state index in [9.17, 15) is 8.42 Å². The van der Waals surface area contributed by atoms with Gasteiger partial charge in [-0.25, -0.2) is 13.4 Å². The largest absolute Gasteiger partial charge is 0.493 e. The highest BCUT2D eigenvalue weighted by Crippen LogP contribution is 2.29. The van der Waals surface area contributed by atoms with Crippen LogP contribution in [0, 0.1) is 0 Å². The molecule has 3 N–H and O–H groups in total. The molecule has 0 spiro atoms. The molecule has 0 amide bonds. The molecule has 0 aliphatic carbocycles. The van der Waals surface area contributed by atoms with Gasteiger partial charge in [-0.15, -0.1) is 0 Å². The average molecular weight is 685 g/mol. The van der Waals surface area contributed by atoms with Gasteiger partial charge in [-0.05, 0) is 67.5 Å². The molecule has 0 aliphatic heterocycles. The fraction of sp³-hybridized carbons (Fsp3) is 0.297. The van der Waals surface area contributed by atoms with Crippen molar-refractivity contribution in [2.45, 2.75) is 38.1 Å². The molecule has 49 heavy (non-hydrogen) atoms. The Bertz CT molecular complexity index is 1960. The number of nitrogens with zero attached hydrogens (tertiary/aromatic N) is 5. The first-order valence-electron chi connectivity index (χ1n) is 16.4. The van der Waals surface area contributed by atoms with Gasteiger partial charge in [-0.1, -0.05) is 73.6 Å². The van der Waals surface area contributed by atoms with Crippen molar-refractivity contribution in [1.82, 2.24) is 14.5 Å². The summed E-state index contributed by atoms with van der Waals surface area (Å²) in [6.45, 7) is 7.56. The molecule has 0 atom stereocenters. The number of benzene rings is 4. The quantitative estimate of drug-likeness (QED) is 0.0564. The average Bonchev–Trinajstić information content (AvgIpc) is 3.49. The number of aryl methyl sites for hydroxylation is 2. The van der Waals surface area contributed by atoms with Gasteiger partial charge in [-0.3, -0.25) is 4.31 Å². The molecule has 0 aliphatic rings. The molecule has 0 saturated heterocycles. The molecule has 0 unspecified atom stereocenters. The van der Waals surface area contributed by atoms with Gasteiger partial charge in [-0.2, -0.15) is 0 Å². The second kappa shape index (κ2) is 16.4. The van der Waals surface area contributed by atoms with Gasteiger partial charge < -0.3 is 29.9 Å². The second-order valence-electron chi connectivity index (χ2n) is 11.5. The number of aromatic nitrogens is 2. The van der Waals surface area contributed by atoms with Gasteiger partial charge in [0.05, 0.1) is 35.3 Å². The van der Waals surface area contributed by atoms with Crippen molar-refractivity contribution in [1.29, 1.82) is 0 Å². The maximum atomic E-state index is 14.0. The number of methoxy groups -OCH3 is 1. The normalized spacial score (nSPS) is 12.0. The maximum Gasteiger partial charge on any atom is 0.264 e. The van der Waals surface area contributed by atoms with Crippen LogP contribution in [-0.2, 0) is 29.4 Å². The van der Waals surface area contributed by atoms with Crippen LogP contribution in [0.1, 0.15) is 30.8 Å². The Morgan fingerprint density at radius 3 is 2.27 bits per heavy atom. The number of amidine groups is 1. The van der Waals surface area contributed by atoms with Crippen molar-refractivity contribution >= 4 is 32.6 Å². The number of ether oxygens (including phenoxy) is 2. The van der Waals surface area contributed by atoms with Gasteiger partial charge in [0.2, 0.25) is 0 Å². The molecular formula is C37H44N6O5S. The third kappa shape index (κ3) is 8.33. The Morgan fingerprint density at radius 1 is 0.898 bits per heavy atom. The number of likely N-dealkylation sites (N-methyl/N-ethyl adjacent to an activating group) is 1. The highest BCUT2D eigenvalue weighted by Gasteiger charge is 2.26. The number of oxime groups is 1. The Labute approximate surface area is 288 Å². The summed E-state index contributed by atoms with van der Waals surface area (Å²) >= 11 is 0. The minimum atomic E-state index is -3.84. The van der Waals surface area contributed by atoms with E-state index in [1.165, 1.54) is 4.31 Å². The number of fused-ring (bicyclic) bond motifs is 1. The molecule has 258 valence electrons. The molecule has 1 heterocycles. The van der Waals surface area contributed by atoms with Crippen LogP contribution in [0.15, 0.2) is 107 Å². The van der Waals surface area contributed by atoms with E-state index in [-0.39, 0.29) is 10.7 Å². The number of rotatable bonds is 17. The molecule has 5 aromatic rings. The highest BCUT2D eigenvalue weighted by atomic mass is 32.2. The van der Waals surface area contributed by atoms with E-state index >= 15 is 0 Å². The minimum Gasteiger partial charge on any atom is -0.493 e. The SMILES string of the molecule is CCN(CC)CCN(c1ccc2c(c1)nc(CCc1ccc(C(N)=NO)cc1)n2CCOc1ccccc1OC)S(=O)(=O)c1ccccc1. The zero-order valence-electron chi connectivity index (χ0n) is 28.2. The van der Waals surface area contributed by atoms with Crippen LogP contribution in [0.4, 0.5) is 5.69 Å². The third-order valence-electron chi connectivity index (χ3n) is 8.58. The van der Waals surface area contributed by atoms with Crippen LogP contribution in [-0.4, -0.2) is 73.8 Å². The summed E-state index contributed by atoms with van der Waals surface area (Å²) in [6.07, 6.45) is 1.31. The van der Waals surface area contributed by atoms with Gasteiger partial charge in [0, 0.05) is 25.1 Å². The van der Waals surface area contributed by atoms with Gasteiger partial charge >= 0.3 is 0 Å². The molecule has 0 radical (unpaired) electrons. The third-order valence-corrected chi connectivity index (χ3v) is 10.4. The molecule has 4 aromatic carbocycles. The van der Waals surface area contributed by atoms with Crippen LogP contribution in [0.5, 0.6) is 11.5 Å². The molecule has 5 rings (SSSR count). The lowest BCUT2D eigenvalue weighted by Crippen LogP contribution is -2.38. The van der Waals surface area contributed by atoms with E-state index < -0.39 is 10.0 Å². The molecule has 1 aromatic heterocycles. The summed E-state index contributed by atoms with van der Waals surface area (Å²) in [6, 6.07) is 29.3. The van der Waals surface area contributed by atoms with Gasteiger partial charge in [0.15, 0.2) is 17.3 Å². The van der Waals surface area contributed by atoms with E-state index in [0.29, 0.717) is 67.3 Å². The van der Waals surface area contributed by atoms with E-state index in [1.54, 1.807) is 31.4 Å². The van der Waals surface area contributed by atoms with Crippen molar-refractivity contribution in [2.75, 3.05) is 44.2 Å². The standard InChI is InChI=1S/C37H44N6O5S/c1-4-41(5-2)23-24-43(49(45,46)31-11-7-6-8-12-31)30-20-21-33-32(27-30)39-36(22-17-28-15-18-29(19-16-28)37(38)40-44)42(33)25-26-48-35-14-10-9-13-34(35)47-3/h6-16,18-21,27,44H,4-5,17,22-26H2,1-3H3,(H2,38,40). The fourth-order valence-electron chi connectivity index (χ4n) is 5.78. The Kier molecular flexibility index (Phi) is 11.8. The number of hydrogen-bond acceptors (Lipinski definition) is 8. The van der Waals surface area contributed by atoms with E-state index in [4.69, 9.17) is 25.4 Å². The highest BCUT2D eigenvalue weighted by molar-refractivity contribution is 7.92. The predicted molar refractivity (Wildman–Crippen MR) is 193 cm³/mol. The number of hydrogen-bond donors (Lipinski definition) is 2. The van der Waals surface area contributed by atoms with Crippen molar-refractivity contribution < 1.29 is 23.1 Å². The van der Waals surface area contributed by atoms with Crippen molar-refractivity contribution in [3.63, 3.8) is 0 Å².